The van der Waals surface area contributed by atoms with Gasteiger partial charge in [-0.15, -0.1) is 0 Å². The van der Waals surface area contributed by atoms with E-state index in [2.05, 4.69) is 10.4 Å². The van der Waals surface area contributed by atoms with Gasteiger partial charge in [-0.3, -0.25) is 14.3 Å². The van der Waals surface area contributed by atoms with Gasteiger partial charge in [0.15, 0.2) is 0 Å². The first-order valence-electron chi connectivity index (χ1n) is 10.1. The molecule has 8 nitrogen and oxygen atoms in total. The van der Waals surface area contributed by atoms with E-state index in [1.165, 1.54) is 0 Å². The molecule has 1 saturated heterocycles. The average molecular weight is 416 g/mol. The zero-order chi connectivity index (χ0) is 22.0. The lowest BCUT2D eigenvalue weighted by Gasteiger charge is -2.24. The molecule has 0 unspecified atom stereocenters. The second kappa shape index (κ2) is 8.48. The van der Waals surface area contributed by atoms with Crippen LogP contribution in [-0.4, -0.2) is 44.7 Å². The molecule has 1 aliphatic heterocycles. The Kier molecular flexibility index (Phi) is 5.58. The predicted octanol–water partition coefficient (Wildman–Crippen LogP) is 2.09. The highest BCUT2D eigenvalue weighted by molar-refractivity contribution is 5.93. The van der Waals surface area contributed by atoms with Gasteiger partial charge in [0, 0.05) is 50.9 Å². The highest BCUT2D eigenvalue weighted by Crippen LogP contribution is 2.36. The number of hydrogen-bond donors (Lipinski definition) is 1. The lowest BCUT2D eigenvalue weighted by Crippen LogP contribution is -2.33. The van der Waals surface area contributed by atoms with E-state index in [4.69, 9.17) is 5.26 Å². The van der Waals surface area contributed by atoms with Crippen molar-refractivity contribution >= 4 is 11.8 Å². The maximum absolute atomic E-state index is 12.6. The second-order valence-electron chi connectivity index (χ2n) is 7.92. The van der Waals surface area contributed by atoms with Crippen LogP contribution < -0.4 is 5.32 Å². The molecule has 0 radical (unpaired) electrons. The topological polar surface area (TPSA) is 95.9 Å². The zero-order valence-corrected chi connectivity index (χ0v) is 17.5. The Morgan fingerprint density at radius 1 is 1.26 bits per heavy atom. The summed E-state index contributed by atoms with van der Waals surface area (Å²) in [5, 5.41) is 16.4. The minimum atomic E-state index is -0.260. The molecule has 3 aromatic rings. The summed E-state index contributed by atoms with van der Waals surface area (Å²) < 4.78 is 3.50. The molecule has 1 N–H and O–H groups in total. The Labute approximate surface area is 180 Å². The van der Waals surface area contributed by atoms with Crippen molar-refractivity contribution in [1.29, 1.82) is 5.26 Å². The molecule has 4 rings (SSSR count). The maximum atomic E-state index is 12.6. The minimum Gasteiger partial charge on any atom is -0.350 e. The molecule has 8 heteroatoms. The number of nitrogens with one attached hydrogen (secondary N) is 1. The standard InChI is InChI=1S/C23H24N6O2/c1-27-13-17(10-24)8-20(27)23(31)25-11-18-9-21(30)28(2)22(18)19-12-26-29(15-19)14-16-6-4-3-5-7-16/h3-8,12-13,15,18,22H,9,11,14H2,1-2H3,(H,25,31)/t18-,22+/m0/s1. The van der Waals surface area contributed by atoms with Crippen molar-refractivity contribution in [2.45, 2.75) is 19.0 Å². The Hall–Kier alpha value is -3.86. The number of carbonyl (C=O) groups excluding carboxylic acids is 2. The second-order valence-corrected chi connectivity index (χ2v) is 7.92. The van der Waals surface area contributed by atoms with Gasteiger partial charge in [0.2, 0.25) is 5.91 Å². The number of likely N-dealkylation sites (tertiary alicyclic amines) is 1. The summed E-state index contributed by atoms with van der Waals surface area (Å²) >= 11 is 0. The molecule has 2 aromatic heterocycles. The molecule has 0 aliphatic carbocycles. The fraction of sp³-hybridized carbons (Fsp3) is 0.304. The molecule has 2 amide bonds. The van der Waals surface area contributed by atoms with Crippen LogP contribution in [0, 0.1) is 17.2 Å². The third-order valence-corrected chi connectivity index (χ3v) is 5.77. The molecule has 2 atom stereocenters. The van der Waals surface area contributed by atoms with Crippen LogP contribution in [0.5, 0.6) is 0 Å². The Balaban J connectivity index is 1.46. The summed E-state index contributed by atoms with van der Waals surface area (Å²) in [5.41, 5.74) is 2.96. The van der Waals surface area contributed by atoms with Crippen LogP contribution in [0.15, 0.2) is 55.0 Å². The fourth-order valence-corrected chi connectivity index (χ4v) is 4.19. The fourth-order valence-electron chi connectivity index (χ4n) is 4.19. The molecule has 1 aromatic carbocycles. The molecule has 158 valence electrons. The predicted molar refractivity (Wildman–Crippen MR) is 114 cm³/mol. The largest absolute Gasteiger partial charge is 0.350 e. The van der Waals surface area contributed by atoms with Gasteiger partial charge in [0.25, 0.3) is 5.91 Å². The van der Waals surface area contributed by atoms with Crippen molar-refractivity contribution in [3.63, 3.8) is 0 Å². The van der Waals surface area contributed by atoms with Crippen LogP contribution >= 0.6 is 0 Å². The van der Waals surface area contributed by atoms with Crippen LogP contribution in [0.1, 0.15) is 39.6 Å². The van der Waals surface area contributed by atoms with E-state index >= 15 is 0 Å². The number of aromatic nitrogens is 3. The summed E-state index contributed by atoms with van der Waals surface area (Å²) in [6.07, 6.45) is 5.75. The van der Waals surface area contributed by atoms with Crippen LogP contribution in [0.3, 0.4) is 0 Å². The minimum absolute atomic E-state index is 0.0469. The number of rotatable bonds is 6. The van der Waals surface area contributed by atoms with Gasteiger partial charge in [-0.2, -0.15) is 10.4 Å². The molecule has 1 aliphatic rings. The molecule has 3 heterocycles. The number of benzene rings is 1. The summed E-state index contributed by atoms with van der Waals surface area (Å²) in [6, 6.07) is 13.5. The van der Waals surface area contributed by atoms with Gasteiger partial charge >= 0.3 is 0 Å². The van der Waals surface area contributed by atoms with E-state index < -0.39 is 0 Å². The highest BCUT2D eigenvalue weighted by atomic mass is 16.2. The lowest BCUT2D eigenvalue weighted by atomic mass is 9.95. The van der Waals surface area contributed by atoms with E-state index in [0.717, 1.165) is 11.1 Å². The Morgan fingerprint density at radius 2 is 2.03 bits per heavy atom. The van der Waals surface area contributed by atoms with Gasteiger partial charge in [-0.05, 0) is 11.6 Å². The number of nitrogens with zero attached hydrogens (tertiary/aromatic N) is 5. The maximum Gasteiger partial charge on any atom is 0.267 e. The van der Waals surface area contributed by atoms with E-state index in [1.54, 1.807) is 42.0 Å². The third-order valence-electron chi connectivity index (χ3n) is 5.77. The highest BCUT2D eigenvalue weighted by Gasteiger charge is 2.39. The SMILES string of the molecule is CN1C(=O)C[C@@H](CNC(=O)c2cc(C#N)cn2C)[C@@H]1c1cnn(Cc2ccccc2)c1. The first-order valence-corrected chi connectivity index (χ1v) is 10.1. The lowest BCUT2D eigenvalue weighted by molar-refractivity contribution is -0.127. The van der Waals surface area contributed by atoms with Crippen molar-refractivity contribution in [2.24, 2.45) is 13.0 Å². The molecule has 1 fully saturated rings. The zero-order valence-electron chi connectivity index (χ0n) is 17.5. The summed E-state index contributed by atoms with van der Waals surface area (Å²) in [4.78, 5) is 26.8. The Bertz CT molecular complexity index is 1140. The first kappa shape index (κ1) is 20.4. The van der Waals surface area contributed by atoms with Gasteiger partial charge in [-0.1, -0.05) is 30.3 Å². The van der Waals surface area contributed by atoms with E-state index in [1.807, 2.05) is 47.3 Å². The summed E-state index contributed by atoms with van der Waals surface area (Å²) in [7, 11) is 3.52. The monoisotopic (exact) mass is 416 g/mol. The van der Waals surface area contributed by atoms with Crippen LogP contribution in [-0.2, 0) is 18.4 Å². The molecular weight excluding hydrogens is 392 g/mol. The average Bonchev–Trinajstić information content (AvgIpc) is 3.45. The van der Waals surface area contributed by atoms with Gasteiger partial charge in [0.1, 0.15) is 11.8 Å². The summed E-state index contributed by atoms with van der Waals surface area (Å²) in [5.74, 6) is -0.276. The van der Waals surface area contributed by atoms with E-state index in [9.17, 15) is 9.59 Å². The number of nitriles is 1. The van der Waals surface area contributed by atoms with Crippen LogP contribution in [0.25, 0.3) is 0 Å². The summed E-state index contributed by atoms with van der Waals surface area (Å²) in [6.45, 7) is 1.01. The smallest absolute Gasteiger partial charge is 0.267 e. The number of amides is 2. The van der Waals surface area contributed by atoms with Crippen molar-refractivity contribution in [1.82, 2.24) is 24.6 Å². The van der Waals surface area contributed by atoms with Gasteiger partial charge < -0.3 is 14.8 Å². The van der Waals surface area contributed by atoms with Crippen molar-refractivity contribution in [3.8, 4) is 6.07 Å². The van der Waals surface area contributed by atoms with Crippen molar-refractivity contribution in [3.05, 3.63) is 77.4 Å². The van der Waals surface area contributed by atoms with Gasteiger partial charge in [0.05, 0.1) is 24.3 Å². The third kappa shape index (κ3) is 4.21. The molecule has 0 bridgehead atoms. The van der Waals surface area contributed by atoms with Crippen molar-refractivity contribution < 1.29 is 9.59 Å². The molecular formula is C23H24N6O2. The number of aryl methyl sites for hydroxylation is 1. The normalized spacial score (nSPS) is 18.2. The van der Waals surface area contributed by atoms with Crippen LogP contribution in [0.4, 0.5) is 0 Å². The van der Waals surface area contributed by atoms with E-state index in [0.29, 0.717) is 30.8 Å². The Morgan fingerprint density at radius 3 is 2.74 bits per heavy atom. The molecule has 0 saturated carbocycles. The van der Waals surface area contributed by atoms with E-state index in [-0.39, 0.29) is 23.8 Å². The number of carbonyl (C=O) groups is 2. The number of hydrogen-bond acceptors (Lipinski definition) is 4. The molecule has 31 heavy (non-hydrogen) atoms. The molecule has 0 spiro atoms. The van der Waals surface area contributed by atoms with Crippen molar-refractivity contribution in [2.75, 3.05) is 13.6 Å². The quantitative estimate of drug-likeness (QED) is 0.666. The first-order chi connectivity index (χ1) is 15.0. The van der Waals surface area contributed by atoms with Gasteiger partial charge in [-0.25, -0.2) is 0 Å². The van der Waals surface area contributed by atoms with Crippen LogP contribution in [0.2, 0.25) is 0 Å².